The van der Waals surface area contributed by atoms with Crippen molar-refractivity contribution in [2.45, 2.75) is 13.0 Å². The van der Waals surface area contributed by atoms with Crippen LogP contribution in [-0.4, -0.2) is 67.6 Å². The van der Waals surface area contributed by atoms with Gasteiger partial charge in [0.2, 0.25) is 11.8 Å². The number of furan rings is 1. The van der Waals surface area contributed by atoms with Gasteiger partial charge in [-0.3, -0.25) is 14.5 Å². The van der Waals surface area contributed by atoms with Crippen LogP contribution in [0.3, 0.4) is 0 Å². The largest absolute Gasteiger partial charge is 0.467 e. The minimum atomic E-state index is -0.0409. The van der Waals surface area contributed by atoms with Gasteiger partial charge in [0.15, 0.2) is 0 Å². The summed E-state index contributed by atoms with van der Waals surface area (Å²) in [6.07, 6.45) is 2.41. The molecule has 1 aromatic heterocycles. The van der Waals surface area contributed by atoms with E-state index in [9.17, 15) is 9.59 Å². The van der Waals surface area contributed by atoms with Crippen molar-refractivity contribution in [1.29, 1.82) is 0 Å². The predicted molar refractivity (Wildman–Crippen MR) is 82.5 cm³/mol. The Kier molecular flexibility index (Phi) is 5.30. The lowest BCUT2D eigenvalue weighted by Gasteiger charge is -2.29. The molecule has 3 heterocycles. The molecule has 2 amide bonds. The molecule has 1 unspecified atom stereocenters. The Labute approximate surface area is 135 Å². The Bertz CT molecular complexity index is 525. The average molecular weight is 321 g/mol. The summed E-state index contributed by atoms with van der Waals surface area (Å²) in [5.74, 6) is 0.902. The molecular weight excluding hydrogens is 298 g/mol. The summed E-state index contributed by atoms with van der Waals surface area (Å²) in [5.41, 5.74) is 0. The first-order valence-electron chi connectivity index (χ1n) is 8.10. The van der Waals surface area contributed by atoms with Gasteiger partial charge in [-0.2, -0.15) is 0 Å². The average Bonchev–Trinajstić information content (AvgIpc) is 3.25. The van der Waals surface area contributed by atoms with Gasteiger partial charge in [0.25, 0.3) is 0 Å². The van der Waals surface area contributed by atoms with Crippen molar-refractivity contribution in [2.24, 2.45) is 5.92 Å². The number of carbonyl (C=O) groups is 2. The molecule has 1 atom stereocenters. The van der Waals surface area contributed by atoms with E-state index in [4.69, 9.17) is 9.15 Å². The maximum absolute atomic E-state index is 12.4. The van der Waals surface area contributed by atoms with Crippen LogP contribution in [0.2, 0.25) is 0 Å². The SMILES string of the molecule is O=C(CN1CCC(C(=O)N2CCOCC2)C1)NCc1ccco1. The highest BCUT2D eigenvalue weighted by atomic mass is 16.5. The van der Waals surface area contributed by atoms with Gasteiger partial charge in [0.05, 0.1) is 38.5 Å². The van der Waals surface area contributed by atoms with Crippen LogP contribution in [0.25, 0.3) is 0 Å². The molecule has 0 aliphatic carbocycles. The van der Waals surface area contributed by atoms with Crippen molar-refractivity contribution >= 4 is 11.8 Å². The number of morpholine rings is 1. The van der Waals surface area contributed by atoms with Crippen molar-refractivity contribution in [1.82, 2.24) is 15.1 Å². The molecule has 1 aromatic rings. The number of hydrogen-bond acceptors (Lipinski definition) is 5. The molecule has 2 aliphatic heterocycles. The zero-order valence-electron chi connectivity index (χ0n) is 13.2. The molecule has 0 aromatic carbocycles. The summed E-state index contributed by atoms with van der Waals surface area (Å²) in [6, 6.07) is 3.62. The topological polar surface area (TPSA) is 75.0 Å². The molecule has 126 valence electrons. The number of hydrogen-bond donors (Lipinski definition) is 1. The van der Waals surface area contributed by atoms with Gasteiger partial charge >= 0.3 is 0 Å². The molecule has 2 saturated heterocycles. The third-order valence-electron chi connectivity index (χ3n) is 4.35. The molecule has 3 rings (SSSR count). The van der Waals surface area contributed by atoms with Crippen LogP contribution >= 0.6 is 0 Å². The van der Waals surface area contributed by atoms with E-state index in [0.717, 1.165) is 18.7 Å². The van der Waals surface area contributed by atoms with Crippen LogP contribution in [0.5, 0.6) is 0 Å². The molecule has 2 fully saturated rings. The molecule has 1 N–H and O–H groups in total. The molecule has 23 heavy (non-hydrogen) atoms. The van der Waals surface area contributed by atoms with Crippen LogP contribution in [0.4, 0.5) is 0 Å². The summed E-state index contributed by atoms with van der Waals surface area (Å²) < 4.78 is 10.5. The standard InChI is InChI=1S/C16H23N3O4/c20-15(17-10-14-2-1-7-23-14)12-18-4-3-13(11-18)16(21)19-5-8-22-9-6-19/h1-2,7,13H,3-6,8-12H2,(H,17,20). The molecule has 7 nitrogen and oxygen atoms in total. The number of nitrogens with one attached hydrogen (secondary N) is 1. The molecule has 0 radical (unpaired) electrons. The summed E-state index contributed by atoms with van der Waals surface area (Å²) in [6.45, 7) is 4.77. The van der Waals surface area contributed by atoms with Gasteiger partial charge < -0.3 is 19.4 Å². The van der Waals surface area contributed by atoms with E-state index in [1.54, 1.807) is 12.3 Å². The van der Waals surface area contributed by atoms with E-state index in [2.05, 4.69) is 5.32 Å². The first-order valence-corrected chi connectivity index (χ1v) is 8.10. The van der Waals surface area contributed by atoms with Crippen LogP contribution in [0.1, 0.15) is 12.2 Å². The fraction of sp³-hybridized carbons (Fsp3) is 0.625. The van der Waals surface area contributed by atoms with Crippen molar-refractivity contribution < 1.29 is 18.7 Å². The number of likely N-dealkylation sites (tertiary alicyclic amines) is 1. The number of nitrogens with zero attached hydrogens (tertiary/aromatic N) is 2. The highest BCUT2D eigenvalue weighted by Crippen LogP contribution is 2.19. The van der Waals surface area contributed by atoms with Crippen molar-refractivity contribution in [3.05, 3.63) is 24.2 Å². The minimum Gasteiger partial charge on any atom is -0.467 e. The Morgan fingerprint density at radius 1 is 1.26 bits per heavy atom. The quantitative estimate of drug-likeness (QED) is 0.831. The van der Waals surface area contributed by atoms with Gasteiger partial charge in [0.1, 0.15) is 5.76 Å². The van der Waals surface area contributed by atoms with Crippen LogP contribution in [-0.2, 0) is 20.9 Å². The van der Waals surface area contributed by atoms with Gasteiger partial charge in [-0.05, 0) is 25.1 Å². The fourth-order valence-corrected chi connectivity index (χ4v) is 3.08. The first kappa shape index (κ1) is 16.0. The van der Waals surface area contributed by atoms with Crippen molar-refractivity contribution in [2.75, 3.05) is 45.9 Å². The lowest BCUT2D eigenvalue weighted by Crippen LogP contribution is -2.44. The number of rotatable bonds is 5. The zero-order chi connectivity index (χ0) is 16.1. The Morgan fingerprint density at radius 2 is 2.09 bits per heavy atom. The second kappa shape index (κ2) is 7.61. The van der Waals surface area contributed by atoms with E-state index in [1.165, 1.54) is 0 Å². The summed E-state index contributed by atoms with van der Waals surface area (Å²) in [5, 5.41) is 2.83. The lowest BCUT2D eigenvalue weighted by molar-refractivity contribution is -0.139. The van der Waals surface area contributed by atoms with E-state index < -0.39 is 0 Å². The van der Waals surface area contributed by atoms with Crippen LogP contribution < -0.4 is 5.32 Å². The second-order valence-corrected chi connectivity index (χ2v) is 6.01. The molecule has 0 spiro atoms. The Hall–Kier alpha value is -1.86. The van der Waals surface area contributed by atoms with Crippen molar-refractivity contribution in [3.8, 4) is 0 Å². The number of ether oxygens (including phenoxy) is 1. The van der Waals surface area contributed by atoms with E-state index in [-0.39, 0.29) is 17.7 Å². The van der Waals surface area contributed by atoms with E-state index in [1.807, 2.05) is 15.9 Å². The maximum atomic E-state index is 12.4. The Morgan fingerprint density at radius 3 is 2.83 bits per heavy atom. The molecule has 0 saturated carbocycles. The normalized spacial score (nSPS) is 22.3. The third-order valence-corrected chi connectivity index (χ3v) is 4.35. The summed E-state index contributed by atoms with van der Waals surface area (Å²) >= 11 is 0. The fourth-order valence-electron chi connectivity index (χ4n) is 3.08. The highest BCUT2D eigenvalue weighted by Gasteiger charge is 2.32. The van der Waals surface area contributed by atoms with Crippen molar-refractivity contribution in [3.63, 3.8) is 0 Å². The zero-order valence-corrected chi connectivity index (χ0v) is 13.2. The minimum absolute atomic E-state index is 0.00553. The number of amides is 2. The molecule has 0 bridgehead atoms. The highest BCUT2D eigenvalue weighted by molar-refractivity contribution is 5.80. The van der Waals surface area contributed by atoms with Crippen LogP contribution in [0, 0.1) is 5.92 Å². The van der Waals surface area contributed by atoms with E-state index in [0.29, 0.717) is 45.9 Å². The smallest absolute Gasteiger partial charge is 0.234 e. The van der Waals surface area contributed by atoms with Gasteiger partial charge in [0, 0.05) is 19.6 Å². The van der Waals surface area contributed by atoms with Crippen LogP contribution in [0.15, 0.2) is 22.8 Å². The summed E-state index contributed by atoms with van der Waals surface area (Å²) in [4.78, 5) is 28.3. The molecule has 2 aliphatic rings. The van der Waals surface area contributed by atoms with Gasteiger partial charge in [-0.25, -0.2) is 0 Å². The van der Waals surface area contributed by atoms with Gasteiger partial charge in [-0.15, -0.1) is 0 Å². The summed E-state index contributed by atoms with van der Waals surface area (Å²) in [7, 11) is 0. The predicted octanol–water partition coefficient (Wildman–Crippen LogP) is 0.0765. The number of carbonyl (C=O) groups excluding carboxylic acids is 2. The first-order chi connectivity index (χ1) is 11.2. The lowest BCUT2D eigenvalue weighted by atomic mass is 10.1. The third kappa shape index (κ3) is 4.33. The second-order valence-electron chi connectivity index (χ2n) is 6.01. The van der Waals surface area contributed by atoms with Gasteiger partial charge in [-0.1, -0.05) is 0 Å². The van der Waals surface area contributed by atoms with E-state index >= 15 is 0 Å². The maximum Gasteiger partial charge on any atom is 0.234 e. The monoisotopic (exact) mass is 321 g/mol. The molecule has 7 heteroatoms. The molecular formula is C16H23N3O4. The Balaban J connectivity index is 1.40.